The van der Waals surface area contributed by atoms with Crippen LogP contribution in [0.25, 0.3) is 5.69 Å². The van der Waals surface area contributed by atoms with Crippen LogP contribution in [0.15, 0.2) is 84.0 Å². The number of thioether (sulfide) groups is 1. The van der Waals surface area contributed by atoms with E-state index < -0.39 is 18.3 Å². The van der Waals surface area contributed by atoms with E-state index in [1.54, 1.807) is 23.7 Å². The maximum atomic E-state index is 12.2. The minimum Gasteiger partial charge on any atom is -0.465 e. The third kappa shape index (κ3) is 8.17. The van der Waals surface area contributed by atoms with E-state index in [2.05, 4.69) is 26.2 Å². The zero-order valence-corrected chi connectivity index (χ0v) is 24.3. The van der Waals surface area contributed by atoms with E-state index in [9.17, 15) is 14.7 Å². The Balaban J connectivity index is 1.27. The van der Waals surface area contributed by atoms with Gasteiger partial charge in [0.2, 0.25) is 5.16 Å². The average molecular weight is 605 g/mol. The van der Waals surface area contributed by atoms with Crippen LogP contribution >= 0.6 is 11.8 Å². The Morgan fingerprint density at radius 2 is 1.77 bits per heavy atom. The lowest BCUT2D eigenvalue weighted by atomic mass is 10.0. The van der Waals surface area contributed by atoms with Crippen LogP contribution < -0.4 is 10.6 Å². The highest BCUT2D eigenvalue weighted by Gasteiger charge is 2.32. The number of carbonyl (C=O) groups is 2. The van der Waals surface area contributed by atoms with Gasteiger partial charge in [-0.05, 0) is 52.7 Å². The molecule has 2 heterocycles. The average Bonchev–Trinajstić information content (AvgIpc) is 3.52. The van der Waals surface area contributed by atoms with Crippen LogP contribution in [-0.4, -0.2) is 62.3 Å². The molecule has 1 fully saturated rings. The fraction of sp³-hybridized carbons (Fsp3) is 0.300. The lowest BCUT2D eigenvalue weighted by molar-refractivity contribution is -0.245. The Hall–Kier alpha value is -4.30. The van der Waals surface area contributed by atoms with E-state index in [-0.39, 0.29) is 32.0 Å². The van der Waals surface area contributed by atoms with Gasteiger partial charge in [-0.15, -0.1) is 5.10 Å². The number of benzene rings is 3. The summed E-state index contributed by atoms with van der Waals surface area (Å²) < 4.78 is 19.3. The summed E-state index contributed by atoms with van der Waals surface area (Å²) in [5.74, 6) is 0.0721. The fourth-order valence-electron chi connectivity index (χ4n) is 4.45. The molecular formula is C30H32N6O6S. The van der Waals surface area contributed by atoms with Gasteiger partial charge in [0.25, 0.3) is 0 Å². The topological polar surface area (TPSA) is 150 Å². The highest BCUT2D eigenvalue weighted by atomic mass is 32.2. The minimum absolute atomic E-state index is 0.0336. The van der Waals surface area contributed by atoms with Crippen molar-refractivity contribution < 1.29 is 28.9 Å². The zero-order chi connectivity index (χ0) is 30.0. The largest absolute Gasteiger partial charge is 0.465 e. The molecular weight excluding hydrogens is 572 g/mol. The number of nitrogens with zero attached hydrogens (tertiary/aromatic N) is 4. The molecule has 3 atom stereocenters. The summed E-state index contributed by atoms with van der Waals surface area (Å²) in [5.41, 5.74) is 3.98. The first-order valence-electron chi connectivity index (χ1n) is 13.8. The van der Waals surface area contributed by atoms with Crippen LogP contribution in [-0.2, 0) is 25.6 Å². The molecule has 3 aromatic carbocycles. The summed E-state index contributed by atoms with van der Waals surface area (Å²) in [4.78, 5) is 23.7. The Morgan fingerprint density at radius 1 is 1.02 bits per heavy atom. The monoisotopic (exact) mass is 604 g/mol. The van der Waals surface area contributed by atoms with E-state index in [1.807, 2.05) is 66.7 Å². The van der Waals surface area contributed by atoms with E-state index in [1.165, 1.54) is 11.8 Å². The first kappa shape index (κ1) is 30.2. The zero-order valence-electron chi connectivity index (χ0n) is 23.5. The van der Waals surface area contributed by atoms with E-state index in [0.29, 0.717) is 23.0 Å². The summed E-state index contributed by atoms with van der Waals surface area (Å²) in [6, 6.07) is 24.0. The van der Waals surface area contributed by atoms with Crippen LogP contribution in [0.5, 0.6) is 0 Å². The van der Waals surface area contributed by atoms with Crippen LogP contribution in [0.2, 0.25) is 0 Å². The van der Waals surface area contributed by atoms with Gasteiger partial charge in [-0.2, -0.15) is 4.68 Å². The number of aromatic nitrogens is 4. The molecule has 1 aliphatic rings. The number of aliphatic hydroxyl groups is 1. The van der Waals surface area contributed by atoms with E-state index in [0.717, 1.165) is 22.4 Å². The molecule has 5 rings (SSSR count). The predicted octanol–water partition coefficient (Wildman–Crippen LogP) is 4.18. The molecule has 1 saturated heterocycles. The van der Waals surface area contributed by atoms with Gasteiger partial charge in [0, 0.05) is 23.4 Å². The number of rotatable bonds is 11. The molecule has 0 aliphatic carbocycles. The molecule has 12 nitrogen and oxygen atoms in total. The van der Waals surface area contributed by atoms with Gasteiger partial charge in [0.1, 0.15) is 6.54 Å². The van der Waals surface area contributed by atoms with Crippen molar-refractivity contribution in [3.8, 4) is 5.69 Å². The van der Waals surface area contributed by atoms with Gasteiger partial charge in [0.05, 0.1) is 31.1 Å². The summed E-state index contributed by atoms with van der Waals surface area (Å²) in [5, 5.41) is 27.5. The smallest absolute Gasteiger partial charge is 0.325 e. The van der Waals surface area contributed by atoms with Crippen LogP contribution in [0.4, 0.5) is 10.5 Å². The number of anilines is 1. The van der Waals surface area contributed by atoms with E-state index in [4.69, 9.17) is 14.2 Å². The van der Waals surface area contributed by atoms with Crippen molar-refractivity contribution in [2.45, 2.75) is 43.6 Å². The molecule has 224 valence electrons. The molecule has 3 N–H and O–H groups in total. The number of hydrogen-bond donors (Lipinski definition) is 3. The van der Waals surface area contributed by atoms with Crippen molar-refractivity contribution in [2.24, 2.45) is 0 Å². The molecule has 1 aromatic heterocycles. The van der Waals surface area contributed by atoms with Gasteiger partial charge in [-0.3, -0.25) is 4.79 Å². The standard InChI is InChI=1S/C30H32N6O6S/c1-2-40-27(38)17-31-29(39)32-23-14-12-22(13-15-23)28-41-25(16-26(42-28)21-10-8-20(18-37)9-11-21)19-43-30-33-34-35-36(30)24-6-4-3-5-7-24/h3-15,25-26,28,37H,2,16-19H2,1H3,(H2,31,32,39)/t25-,26+,28+/m0/s1. The van der Waals surface area contributed by atoms with Crippen LogP contribution in [0.3, 0.4) is 0 Å². The number of amides is 2. The third-order valence-electron chi connectivity index (χ3n) is 6.59. The van der Waals surface area contributed by atoms with Crippen molar-refractivity contribution in [2.75, 3.05) is 24.2 Å². The summed E-state index contributed by atoms with van der Waals surface area (Å²) in [6.07, 6.45) is -0.513. The van der Waals surface area contributed by atoms with Crippen molar-refractivity contribution in [1.29, 1.82) is 0 Å². The molecule has 2 amide bonds. The second-order valence-electron chi connectivity index (χ2n) is 9.60. The highest BCUT2D eigenvalue weighted by Crippen LogP contribution is 2.39. The summed E-state index contributed by atoms with van der Waals surface area (Å²) >= 11 is 1.50. The highest BCUT2D eigenvalue weighted by molar-refractivity contribution is 7.99. The number of carbonyl (C=O) groups excluding carboxylic acids is 2. The van der Waals surface area contributed by atoms with Gasteiger partial charge in [-0.25, -0.2) is 4.79 Å². The van der Waals surface area contributed by atoms with Crippen molar-refractivity contribution >= 4 is 29.4 Å². The number of ether oxygens (including phenoxy) is 3. The Kier molecular flexibility index (Phi) is 10.3. The maximum absolute atomic E-state index is 12.2. The molecule has 1 aliphatic heterocycles. The molecule has 0 saturated carbocycles. The van der Waals surface area contributed by atoms with Crippen LogP contribution in [0.1, 0.15) is 42.4 Å². The number of hydrogen-bond acceptors (Lipinski definition) is 10. The fourth-order valence-corrected chi connectivity index (χ4v) is 5.36. The molecule has 13 heteroatoms. The predicted molar refractivity (Wildman–Crippen MR) is 158 cm³/mol. The quantitative estimate of drug-likeness (QED) is 0.168. The second-order valence-corrected chi connectivity index (χ2v) is 10.6. The number of esters is 1. The molecule has 0 unspecified atom stereocenters. The number of urea groups is 1. The SMILES string of the molecule is CCOC(=O)CNC(=O)Nc1ccc([C@@H]2O[C@H](CSc3nnnn3-c3ccccc3)C[C@H](c3ccc(CO)cc3)O2)cc1. The minimum atomic E-state index is -0.668. The lowest BCUT2D eigenvalue weighted by Gasteiger charge is -2.36. The number of aliphatic hydroxyl groups excluding tert-OH is 1. The number of nitrogens with one attached hydrogen (secondary N) is 2. The van der Waals surface area contributed by atoms with Gasteiger partial charge in [0.15, 0.2) is 6.29 Å². The lowest BCUT2D eigenvalue weighted by Crippen LogP contribution is -2.34. The van der Waals surface area contributed by atoms with Crippen molar-refractivity contribution in [1.82, 2.24) is 25.5 Å². The Morgan fingerprint density at radius 3 is 2.49 bits per heavy atom. The molecule has 4 aromatic rings. The van der Waals surface area contributed by atoms with Gasteiger partial charge >= 0.3 is 12.0 Å². The first-order chi connectivity index (χ1) is 21.0. The molecule has 0 radical (unpaired) electrons. The number of para-hydroxylation sites is 1. The molecule has 0 spiro atoms. The molecule has 0 bridgehead atoms. The summed E-state index contributed by atoms with van der Waals surface area (Å²) in [7, 11) is 0. The Labute approximate surface area is 252 Å². The van der Waals surface area contributed by atoms with Crippen LogP contribution in [0, 0.1) is 0 Å². The summed E-state index contributed by atoms with van der Waals surface area (Å²) in [6.45, 7) is 1.69. The normalized spacial score (nSPS) is 18.1. The van der Waals surface area contributed by atoms with E-state index >= 15 is 0 Å². The van der Waals surface area contributed by atoms with Crippen molar-refractivity contribution in [3.05, 3.63) is 95.6 Å². The number of tetrazole rings is 1. The van der Waals surface area contributed by atoms with Crippen molar-refractivity contribution in [3.63, 3.8) is 0 Å². The van der Waals surface area contributed by atoms with Gasteiger partial charge in [-0.1, -0.05) is 66.4 Å². The third-order valence-corrected chi connectivity index (χ3v) is 7.65. The maximum Gasteiger partial charge on any atom is 0.325 e. The first-order valence-corrected chi connectivity index (χ1v) is 14.8. The Bertz CT molecular complexity index is 1490. The molecule has 43 heavy (non-hydrogen) atoms. The van der Waals surface area contributed by atoms with Gasteiger partial charge < -0.3 is 30.0 Å². The second kappa shape index (κ2) is 14.7.